The van der Waals surface area contributed by atoms with Gasteiger partial charge in [0.05, 0.1) is 50.5 Å². The third-order valence-electron chi connectivity index (χ3n) is 4.64. The van der Waals surface area contributed by atoms with Crippen molar-refractivity contribution in [3.05, 3.63) is 29.5 Å². The Hall–Kier alpha value is -2.30. The Kier molecular flexibility index (Phi) is 4.70. The van der Waals surface area contributed by atoms with E-state index in [4.69, 9.17) is 9.84 Å². The van der Waals surface area contributed by atoms with Gasteiger partial charge in [-0.2, -0.15) is 10.1 Å². The van der Waals surface area contributed by atoms with Crippen LogP contribution < -0.4 is 9.80 Å². The molecule has 2 aliphatic rings. The Morgan fingerprint density at radius 2 is 2.00 bits per heavy atom. The molecule has 0 aliphatic carbocycles. The van der Waals surface area contributed by atoms with Crippen molar-refractivity contribution in [2.75, 3.05) is 49.3 Å². The number of nitrogens with zero attached hydrogens (tertiary/aromatic N) is 6. The molecule has 4 heterocycles. The minimum atomic E-state index is -0.989. The lowest BCUT2D eigenvalue weighted by Crippen LogP contribution is -2.38. The zero-order valence-electron chi connectivity index (χ0n) is 14.3. The number of aliphatic hydroxyl groups is 2. The number of aliphatic hydroxyl groups excluding tert-OH is 2. The molecule has 0 spiro atoms. The van der Waals surface area contributed by atoms with Gasteiger partial charge in [-0.3, -0.25) is 4.68 Å². The van der Waals surface area contributed by atoms with Crippen LogP contribution in [0.25, 0.3) is 0 Å². The highest BCUT2D eigenvalue weighted by atomic mass is 19.1. The van der Waals surface area contributed by atoms with E-state index in [-0.39, 0.29) is 6.61 Å². The minimum Gasteiger partial charge on any atom is -0.393 e. The average Bonchev–Trinajstić information content (AvgIpc) is 3.11. The Balaban J connectivity index is 1.56. The summed E-state index contributed by atoms with van der Waals surface area (Å²) < 4.78 is 21.3. The number of aromatic nitrogens is 4. The fourth-order valence-corrected chi connectivity index (χ4v) is 3.21. The van der Waals surface area contributed by atoms with E-state index in [0.717, 1.165) is 5.69 Å². The molecule has 0 saturated carbocycles. The number of halogens is 1. The van der Waals surface area contributed by atoms with Gasteiger partial charge in [-0.25, -0.2) is 9.37 Å². The van der Waals surface area contributed by atoms with E-state index in [1.54, 1.807) is 10.7 Å². The number of anilines is 2. The average molecular weight is 364 g/mol. The molecule has 1 saturated heterocycles. The van der Waals surface area contributed by atoms with Gasteiger partial charge in [0, 0.05) is 19.6 Å². The van der Waals surface area contributed by atoms with Crippen LogP contribution in [0.2, 0.25) is 0 Å². The molecular weight excluding hydrogens is 343 g/mol. The standard InChI is InChI=1S/C16H21FN6O3/c17-12-8-18-16(19-15(12)21-3-5-26-6-4-21)22-1-2-23-11(9-22)7-13(20-23)14(25)10-24/h7-8,14,24-25H,1-6,9-10H2/t14-/m0/s1. The maximum atomic E-state index is 14.2. The maximum Gasteiger partial charge on any atom is 0.227 e. The summed E-state index contributed by atoms with van der Waals surface area (Å²) in [6, 6.07) is 1.76. The topological polar surface area (TPSA) is 99.8 Å². The summed E-state index contributed by atoms with van der Waals surface area (Å²) in [5.41, 5.74) is 1.33. The van der Waals surface area contributed by atoms with E-state index in [1.165, 1.54) is 6.20 Å². The van der Waals surface area contributed by atoms with Crippen LogP contribution in [0.1, 0.15) is 17.5 Å². The number of rotatable bonds is 4. The SMILES string of the molecule is OC[C@H](O)c1cc2n(n1)CCN(c1ncc(F)c(N3CCOCC3)n1)C2. The zero-order chi connectivity index (χ0) is 18.1. The smallest absolute Gasteiger partial charge is 0.227 e. The molecule has 2 aromatic heterocycles. The van der Waals surface area contributed by atoms with Crippen LogP contribution in [-0.4, -0.2) is 69.4 Å². The summed E-state index contributed by atoms with van der Waals surface area (Å²) >= 11 is 0. The molecule has 0 unspecified atom stereocenters. The van der Waals surface area contributed by atoms with Crippen LogP contribution in [0.15, 0.2) is 12.3 Å². The first-order valence-corrected chi connectivity index (χ1v) is 8.61. The summed E-state index contributed by atoms with van der Waals surface area (Å²) in [4.78, 5) is 12.4. The predicted octanol–water partition coefficient (Wildman–Crippen LogP) is -0.305. The third kappa shape index (κ3) is 3.22. The first-order chi connectivity index (χ1) is 12.7. The van der Waals surface area contributed by atoms with Crippen LogP contribution in [-0.2, 0) is 17.8 Å². The number of hydrogen-bond acceptors (Lipinski definition) is 8. The highest BCUT2D eigenvalue weighted by molar-refractivity contribution is 5.46. The lowest BCUT2D eigenvalue weighted by molar-refractivity contribution is 0.0916. The summed E-state index contributed by atoms with van der Waals surface area (Å²) in [5, 5.41) is 23.1. The molecule has 1 atom stereocenters. The van der Waals surface area contributed by atoms with Crippen LogP contribution in [0, 0.1) is 5.82 Å². The molecule has 9 nitrogen and oxygen atoms in total. The number of morpholine rings is 1. The van der Waals surface area contributed by atoms with E-state index in [9.17, 15) is 9.50 Å². The molecule has 0 amide bonds. The molecule has 26 heavy (non-hydrogen) atoms. The predicted molar refractivity (Wildman–Crippen MR) is 90.3 cm³/mol. The molecule has 4 rings (SSSR count). The fraction of sp³-hybridized carbons (Fsp3) is 0.562. The van der Waals surface area contributed by atoms with Gasteiger partial charge in [0.2, 0.25) is 5.95 Å². The zero-order valence-corrected chi connectivity index (χ0v) is 14.3. The van der Waals surface area contributed by atoms with Crippen molar-refractivity contribution in [1.29, 1.82) is 0 Å². The van der Waals surface area contributed by atoms with E-state index in [2.05, 4.69) is 15.1 Å². The van der Waals surface area contributed by atoms with Crippen molar-refractivity contribution in [3.8, 4) is 0 Å². The molecule has 0 radical (unpaired) electrons. The van der Waals surface area contributed by atoms with Crippen LogP contribution in [0.5, 0.6) is 0 Å². The lowest BCUT2D eigenvalue weighted by Gasteiger charge is -2.30. The summed E-state index contributed by atoms with van der Waals surface area (Å²) in [6.07, 6.45) is 0.219. The van der Waals surface area contributed by atoms with Crippen LogP contribution in [0.3, 0.4) is 0 Å². The van der Waals surface area contributed by atoms with E-state index in [0.29, 0.717) is 63.4 Å². The van der Waals surface area contributed by atoms with Crippen LogP contribution in [0.4, 0.5) is 16.2 Å². The van der Waals surface area contributed by atoms with Gasteiger partial charge in [-0.1, -0.05) is 0 Å². The third-order valence-corrected chi connectivity index (χ3v) is 4.64. The van der Waals surface area contributed by atoms with Crippen LogP contribution >= 0.6 is 0 Å². The number of ether oxygens (including phenoxy) is 1. The van der Waals surface area contributed by atoms with Crippen molar-refractivity contribution in [2.45, 2.75) is 19.2 Å². The van der Waals surface area contributed by atoms with Gasteiger partial charge in [0.15, 0.2) is 11.6 Å². The Bertz CT molecular complexity index is 779. The molecule has 10 heteroatoms. The van der Waals surface area contributed by atoms with Crippen molar-refractivity contribution in [2.24, 2.45) is 0 Å². The minimum absolute atomic E-state index is 0.300. The van der Waals surface area contributed by atoms with Gasteiger partial charge in [-0.15, -0.1) is 0 Å². The van der Waals surface area contributed by atoms with Gasteiger partial charge >= 0.3 is 0 Å². The molecule has 2 aliphatic heterocycles. The van der Waals surface area contributed by atoms with Gasteiger partial charge in [-0.05, 0) is 6.07 Å². The summed E-state index contributed by atoms with van der Waals surface area (Å²) in [5.74, 6) is 0.324. The molecule has 0 aromatic carbocycles. The van der Waals surface area contributed by atoms with Gasteiger partial charge in [0.1, 0.15) is 6.10 Å². The number of hydrogen-bond donors (Lipinski definition) is 2. The molecule has 2 N–H and O–H groups in total. The molecular formula is C16H21FN6O3. The monoisotopic (exact) mass is 364 g/mol. The molecule has 140 valence electrons. The highest BCUT2D eigenvalue weighted by Crippen LogP contribution is 2.24. The Morgan fingerprint density at radius 3 is 2.77 bits per heavy atom. The maximum absolute atomic E-state index is 14.2. The molecule has 0 bridgehead atoms. The summed E-state index contributed by atoms with van der Waals surface area (Å²) in [6.45, 7) is 3.66. The van der Waals surface area contributed by atoms with Crippen molar-refractivity contribution >= 4 is 11.8 Å². The van der Waals surface area contributed by atoms with Crippen molar-refractivity contribution in [3.63, 3.8) is 0 Å². The van der Waals surface area contributed by atoms with Gasteiger partial charge in [0.25, 0.3) is 0 Å². The van der Waals surface area contributed by atoms with Crippen molar-refractivity contribution in [1.82, 2.24) is 19.7 Å². The second-order valence-electron chi connectivity index (χ2n) is 6.34. The molecule has 2 aromatic rings. The largest absolute Gasteiger partial charge is 0.393 e. The fourth-order valence-electron chi connectivity index (χ4n) is 3.21. The van der Waals surface area contributed by atoms with Crippen molar-refractivity contribution < 1.29 is 19.3 Å². The lowest BCUT2D eigenvalue weighted by atomic mass is 10.2. The first kappa shape index (κ1) is 17.1. The summed E-state index contributed by atoms with van der Waals surface area (Å²) in [7, 11) is 0. The number of fused-ring (bicyclic) bond motifs is 1. The molecule has 1 fully saturated rings. The second-order valence-corrected chi connectivity index (χ2v) is 6.34. The van der Waals surface area contributed by atoms with E-state index < -0.39 is 11.9 Å². The van der Waals surface area contributed by atoms with E-state index in [1.807, 2.05) is 9.80 Å². The Morgan fingerprint density at radius 1 is 1.19 bits per heavy atom. The normalized spacial score (nSPS) is 18.7. The van der Waals surface area contributed by atoms with E-state index >= 15 is 0 Å². The quantitative estimate of drug-likeness (QED) is 0.763. The van der Waals surface area contributed by atoms with Gasteiger partial charge < -0.3 is 24.7 Å². The second kappa shape index (κ2) is 7.14. The first-order valence-electron chi connectivity index (χ1n) is 8.61. The highest BCUT2D eigenvalue weighted by Gasteiger charge is 2.24. The Labute approximate surface area is 149 Å².